The molecule has 3 heterocycles. The van der Waals surface area contributed by atoms with E-state index in [0.717, 1.165) is 35.6 Å². The van der Waals surface area contributed by atoms with Crippen molar-refractivity contribution >= 4 is 40.7 Å². The summed E-state index contributed by atoms with van der Waals surface area (Å²) < 4.78 is 5.05. The first kappa shape index (κ1) is 21.8. The van der Waals surface area contributed by atoms with E-state index in [-0.39, 0.29) is 12.1 Å². The van der Waals surface area contributed by atoms with Gasteiger partial charge in [-0.1, -0.05) is 24.3 Å². The highest BCUT2D eigenvalue weighted by molar-refractivity contribution is 7.10. The molecule has 9 heteroatoms. The number of aromatic nitrogens is 1. The Kier molecular flexibility index (Phi) is 6.06. The summed E-state index contributed by atoms with van der Waals surface area (Å²) in [6, 6.07) is 16.1. The molecular weight excluding hydrogens is 450 g/mol. The number of thiazole rings is 1. The summed E-state index contributed by atoms with van der Waals surface area (Å²) in [6.45, 7) is 3.71. The van der Waals surface area contributed by atoms with Crippen LogP contribution in [0.5, 0.6) is 0 Å². The van der Waals surface area contributed by atoms with E-state index in [1.54, 1.807) is 15.2 Å². The van der Waals surface area contributed by atoms with E-state index in [1.807, 2.05) is 24.3 Å². The Balaban J connectivity index is 1.19. The smallest absolute Gasteiger partial charge is 0.414 e. The van der Waals surface area contributed by atoms with Gasteiger partial charge in [0.1, 0.15) is 12.4 Å². The highest BCUT2D eigenvalue weighted by Gasteiger charge is 2.24. The molecule has 1 N–H and O–H groups in total. The van der Waals surface area contributed by atoms with Crippen LogP contribution < -0.4 is 15.1 Å². The lowest BCUT2D eigenvalue weighted by Gasteiger charge is -2.36. The van der Waals surface area contributed by atoms with Gasteiger partial charge < -0.3 is 14.5 Å². The van der Waals surface area contributed by atoms with Gasteiger partial charge in [-0.2, -0.15) is 0 Å². The van der Waals surface area contributed by atoms with Crippen molar-refractivity contribution in [3.05, 3.63) is 58.9 Å². The van der Waals surface area contributed by atoms with Crippen LogP contribution in [0.2, 0.25) is 0 Å². The maximum Gasteiger partial charge on any atom is 0.414 e. The fraction of sp³-hybridized carbons (Fsp3) is 0.240. The van der Waals surface area contributed by atoms with Gasteiger partial charge >= 0.3 is 12.1 Å². The van der Waals surface area contributed by atoms with Crippen LogP contribution in [-0.4, -0.2) is 61.3 Å². The van der Waals surface area contributed by atoms with E-state index >= 15 is 0 Å². The maximum atomic E-state index is 12.5. The Bertz CT molecular complexity index is 1240. The summed E-state index contributed by atoms with van der Waals surface area (Å²) in [6.07, 6.45) is 5.04. The highest BCUT2D eigenvalue weighted by atomic mass is 32.1. The number of carbonyl (C=O) groups excluding carboxylic acids is 2. The SMILES string of the molecule is C#Cc1nc(NC(=O)N2CCN(c3ccc(-c4cccc(N5CCOC5=O)c4)cc3)CC2)cs1. The van der Waals surface area contributed by atoms with Gasteiger partial charge in [-0.3, -0.25) is 10.2 Å². The van der Waals surface area contributed by atoms with Crippen LogP contribution in [0.1, 0.15) is 5.01 Å². The molecule has 2 aliphatic rings. The third-order valence-electron chi connectivity index (χ3n) is 5.91. The maximum absolute atomic E-state index is 12.5. The lowest BCUT2D eigenvalue weighted by molar-refractivity contribution is 0.181. The second-order valence-electron chi connectivity index (χ2n) is 7.95. The molecule has 172 valence electrons. The highest BCUT2D eigenvalue weighted by Crippen LogP contribution is 2.28. The number of nitrogens with zero attached hydrogens (tertiary/aromatic N) is 4. The van der Waals surface area contributed by atoms with Gasteiger partial charge in [0.05, 0.1) is 6.54 Å². The van der Waals surface area contributed by atoms with Crippen LogP contribution in [0.4, 0.5) is 26.8 Å². The molecule has 8 nitrogen and oxygen atoms in total. The molecule has 5 rings (SSSR count). The third-order valence-corrected chi connectivity index (χ3v) is 6.69. The van der Waals surface area contributed by atoms with E-state index in [2.05, 4.69) is 45.4 Å². The number of anilines is 3. The second kappa shape index (κ2) is 9.45. The number of amides is 3. The Morgan fingerprint density at radius 3 is 2.50 bits per heavy atom. The van der Waals surface area contributed by atoms with Gasteiger partial charge in [0.15, 0.2) is 5.01 Å². The summed E-state index contributed by atoms with van der Waals surface area (Å²) >= 11 is 1.33. The fourth-order valence-corrected chi connectivity index (χ4v) is 4.65. The number of urea groups is 1. The molecule has 0 radical (unpaired) electrons. The molecule has 2 aromatic carbocycles. The average molecular weight is 474 g/mol. The van der Waals surface area contributed by atoms with Crippen molar-refractivity contribution in [1.29, 1.82) is 0 Å². The van der Waals surface area contributed by atoms with Crippen LogP contribution in [0, 0.1) is 12.3 Å². The molecule has 3 aromatic rings. The fourth-order valence-electron chi connectivity index (χ4n) is 4.10. The standard InChI is InChI=1S/C25H23N5O3S/c1-2-23-26-22(17-34-23)27-24(31)29-12-10-28(11-13-29)20-8-6-18(7-9-20)19-4-3-5-21(16-19)30-14-15-33-25(30)32/h1,3-9,16-17H,10-15H2,(H,27,31). The van der Waals surface area contributed by atoms with E-state index in [4.69, 9.17) is 11.2 Å². The first-order valence-corrected chi connectivity index (χ1v) is 11.9. The molecule has 2 aliphatic heterocycles. The quantitative estimate of drug-likeness (QED) is 0.578. The van der Waals surface area contributed by atoms with Crippen molar-refractivity contribution < 1.29 is 14.3 Å². The Morgan fingerprint density at radius 1 is 1.03 bits per heavy atom. The Morgan fingerprint density at radius 2 is 1.82 bits per heavy atom. The Hall–Kier alpha value is -4.03. The number of nitrogens with one attached hydrogen (secondary N) is 1. The zero-order chi connectivity index (χ0) is 23.5. The minimum absolute atomic E-state index is 0.161. The minimum atomic E-state index is -0.302. The van der Waals surface area contributed by atoms with Crippen LogP contribution in [0.3, 0.4) is 0 Å². The number of terminal acetylenes is 1. The first-order valence-electron chi connectivity index (χ1n) is 11.0. The van der Waals surface area contributed by atoms with Crippen LogP contribution in [0.25, 0.3) is 11.1 Å². The largest absolute Gasteiger partial charge is 0.447 e. The van der Waals surface area contributed by atoms with Crippen molar-refractivity contribution in [3.63, 3.8) is 0 Å². The van der Waals surface area contributed by atoms with E-state index in [0.29, 0.717) is 37.1 Å². The number of benzene rings is 2. The molecule has 0 saturated carbocycles. The lowest BCUT2D eigenvalue weighted by Crippen LogP contribution is -2.50. The molecule has 0 aliphatic carbocycles. The molecule has 3 amide bonds. The predicted molar refractivity (Wildman–Crippen MR) is 133 cm³/mol. The molecule has 0 unspecified atom stereocenters. The van der Waals surface area contributed by atoms with Crippen molar-refractivity contribution in [2.75, 3.05) is 54.4 Å². The van der Waals surface area contributed by atoms with Crippen LogP contribution in [-0.2, 0) is 4.74 Å². The van der Waals surface area contributed by atoms with E-state index < -0.39 is 0 Å². The van der Waals surface area contributed by atoms with Crippen LogP contribution in [0.15, 0.2) is 53.9 Å². The van der Waals surface area contributed by atoms with Crippen molar-refractivity contribution in [2.24, 2.45) is 0 Å². The second-order valence-corrected chi connectivity index (χ2v) is 8.81. The molecular formula is C25H23N5O3S. The minimum Gasteiger partial charge on any atom is -0.447 e. The zero-order valence-electron chi connectivity index (χ0n) is 18.4. The monoisotopic (exact) mass is 473 g/mol. The van der Waals surface area contributed by atoms with Gasteiger partial charge in [0.25, 0.3) is 0 Å². The number of piperazine rings is 1. The normalized spacial score (nSPS) is 15.7. The molecule has 0 bridgehead atoms. The Labute approximate surface area is 201 Å². The first-order chi connectivity index (χ1) is 16.6. The number of ether oxygens (including phenoxy) is 1. The average Bonchev–Trinajstić information content (AvgIpc) is 3.53. The van der Waals surface area contributed by atoms with E-state index in [1.165, 1.54) is 11.3 Å². The van der Waals surface area contributed by atoms with Gasteiger partial charge in [-0.05, 0) is 41.3 Å². The van der Waals surface area contributed by atoms with Gasteiger partial charge in [0.2, 0.25) is 0 Å². The number of cyclic esters (lactones) is 1. The zero-order valence-corrected chi connectivity index (χ0v) is 19.3. The van der Waals surface area contributed by atoms with Gasteiger partial charge in [-0.15, -0.1) is 17.8 Å². The third kappa shape index (κ3) is 4.54. The number of rotatable bonds is 4. The summed E-state index contributed by atoms with van der Waals surface area (Å²) in [5.74, 6) is 2.96. The molecule has 0 spiro atoms. The molecule has 2 saturated heterocycles. The number of hydrogen-bond donors (Lipinski definition) is 1. The summed E-state index contributed by atoms with van der Waals surface area (Å²) in [5.41, 5.74) is 4.07. The van der Waals surface area contributed by atoms with E-state index in [9.17, 15) is 9.59 Å². The molecule has 2 fully saturated rings. The lowest BCUT2D eigenvalue weighted by atomic mass is 10.0. The number of hydrogen-bond acceptors (Lipinski definition) is 6. The van der Waals surface area contributed by atoms with Crippen LogP contribution >= 0.6 is 11.3 Å². The van der Waals surface area contributed by atoms with Crippen molar-refractivity contribution in [1.82, 2.24) is 9.88 Å². The molecule has 0 atom stereocenters. The number of carbonyl (C=O) groups is 2. The van der Waals surface area contributed by atoms with Crippen molar-refractivity contribution in [2.45, 2.75) is 0 Å². The predicted octanol–water partition coefficient (Wildman–Crippen LogP) is 4.10. The summed E-state index contributed by atoms with van der Waals surface area (Å²) in [5, 5.41) is 5.11. The summed E-state index contributed by atoms with van der Waals surface area (Å²) in [7, 11) is 0. The molecule has 34 heavy (non-hydrogen) atoms. The van der Waals surface area contributed by atoms with Gasteiger partial charge in [0, 0.05) is 42.9 Å². The topological polar surface area (TPSA) is 78.0 Å². The van der Waals surface area contributed by atoms with Crippen molar-refractivity contribution in [3.8, 4) is 23.5 Å². The molecule has 1 aromatic heterocycles. The summed E-state index contributed by atoms with van der Waals surface area (Å²) in [4.78, 5) is 34.3. The van der Waals surface area contributed by atoms with Gasteiger partial charge in [-0.25, -0.2) is 14.6 Å².